The van der Waals surface area contributed by atoms with E-state index in [4.69, 9.17) is 18.0 Å². The summed E-state index contributed by atoms with van der Waals surface area (Å²) in [7, 11) is 0. The van der Waals surface area contributed by atoms with Crippen molar-refractivity contribution in [3.05, 3.63) is 0 Å². The lowest BCUT2D eigenvalue weighted by molar-refractivity contribution is -0.143. The molecule has 0 radical (unpaired) electrons. The highest BCUT2D eigenvalue weighted by Gasteiger charge is 2.40. The smallest absolute Gasteiger partial charge is 0.235 e. The Hall–Kier alpha value is -0.640. The van der Waals surface area contributed by atoms with Crippen molar-refractivity contribution in [2.24, 2.45) is 23.0 Å². The molecular formula is C13H24N2OS. The molecule has 1 fully saturated rings. The van der Waals surface area contributed by atoms with E-state index in [2.05, 4.69) is 20.8 Å². The van der Waals surface area contributed by atoms with Crippen molar-refractivity contribution in [1.29, 1.82) is 0 Å². The number of carbonyl (C=O) groups is 1. The number of carbonyl (C=O) groups excluding carboxylic acids is 1. The van der Waals surface area contributed by atoms with Crippen LogP contribution in [0.15, 0.2) is 0 Å². The highest BCUT2D eigenvalue weighted by Crippen LogP contribution is 2.31. The molecular weight excluding hydrogens is 232 g/mol. The molecule has 3 unspecified atom stereocenters. The quantitative estimate of drug-likeness (QED) is 0.770. The van der Waals surface area contributed by atoms with Crippen LogP contribution in [-0.2, 0) is 4.79 Å². The maximum Gasteiger partial charge on any atom is 0.235 e. The van der Waals surface area contributed by atoms with Crippen molar-refractivity contribution in [1.82, 2.24) is 4.90 Å². The molecule has 1 rings (SSSR count). The molecule has 4 heteroatoms. The van der Waals surface area contributed by atoms with Crippen LogP contribution in [0.5, 0.6) is 0 Å². The molecule has 3 nitrogen and oxygen atoms in total. The van der Waals surface area contributed by atoms with Gasteiger partial charge in [-0.3, -0.25) is 4.79 Å². The zero-order valence-electron chi connectivity index (χ0n) is 11.5. The molecule has 0 aromatic rings. The fourth-order valence-electron chi connectivity index (χ4n) is 2.45. The van der Waals surface area contributed by atoms with Crippen LogP contribution in [0.4, 0.5) is 0 Å². The minimum Gasteiger partial charge on any atom is -0.392 e. The van der Waals surface area contributed by atoms with Gasteiger partial charge in [-0.2, -0.15) is 0 Å². The molecule has 1 aliphatic heterocycles. The van der Waals surface area contributed by atoms with Crippen LogP contribution in [0.1, 0.15) is 41.0 Å². The molecule has 98 valence electrons. The third kappa shape index (κ3) is 2.79. The van der Waals surface area contributed by atoms with E-state index in [9.17, 15) is 4.79 Å². The first-order valence-electron chi connectivity index (χ1n) is 6.29. The Bertz CT molecular complexity index is 327. The van der Waals surface area contributed by atoms with Crippen LogP contribution in [0, 0.1) is 17.3 Å². The van der Waals surface area contributed by atoms with Gasteiger partial charge in [0.1, 0.15) is 0 Å². The number of piperidine rings is 1. The van der Waals surface area contributed by atoms with Crippen molar-refractivity contribution >= 4 is 23.1 Å². The van der Waals surface area contributed by atoms with Crippen LogP contribution in [0.25, 0.3) is 0 Å². The number of nitrogens with two attached hydrogens (primary N) is 1. The second-order valence-corrected chi connectivity index (χ2v) is 6.45. The van der Waals surface area contributed by atoms with Crippen molar-refractivity contribution in [3.63, 3.8) is 0 Å². The van der Waals surface area contributed by atoms with E-state index in [1.165, 1.54) is 6.42 Å². The summed E-state index contributed by atoms with van der Waals surface area (Å²) in [6.07, 6.45) is 1.18. The van der Waals surface area contributed by atoms with Crippen LogP contribution < -0.4 is 5.73 Å². The maximum absolute atomic E-state index is 12.5. The van der Waals surface area contributed by atoms with Crippen LogP contribution in [0.3, 0.4) is 0 Å². The molecule has 3 atom stereocenters. The number of hydrogen-bond donors (Lipinski definition) is 1. The predicted octanol–water partition coefficient (Wildman–Crippen LogP) is 2.19. The Balaban J connectivity index is 2.91. The van der Waals surface area contributed by atoms with Crippen molar-refractivity contribution in [2.45, 2.75) is 47.1 Å². The van der Waals surface area contributed by atoms with Gasteiger partial charge in [0, 0.05) is 12.6 Å². The summed E-state index contributed by atoms with van der Waals surface area (Å²) >= 11 is 5.01. The number of amides is 1. The van der Waals surface area contributed by atoms with Gasteiger partial charge in [-0.1, -0.05) is 26.1 Å². The zero-order chi connectivity index (χ0) is 13.4. The van der Waals surface area contributed by atoms with E-state index in [-0.39, 0.29) is 16.9 Å². The first kappa shape index (κ1) is 14.4. The van der Waals surface area contributed by atoms with E-state index < -0.39 is 5.41 Å². The number of likely N-dealkylation sites (tertiary alicyclic amines) is 1. The fourth-order valence-corrected chi connectivity index (χ4v) is 2.53. The van der Waals surface area contributed by atoms with Crippen LogP contribution in [-0.4, -0.2) is 28.4 Å². The van der Waals surface area contributed by atoms with Gasteiger partial charge >= 0.3 is 0 Å². The highest BCUT2D eigenvalue weighted by molar-refractivity contribution is 7.80. The SMILES string of the molecule is CC1CC(C)C(C)N(C(=O)C(C)(C)C(N)=S)C1. The van der Waals surface area contributed by atoms with E-state index in [1.54, 1.807) is 0 Å². The number of thiocarbonyl (C=S) groups is 1. The largest absolute Gasteiger partial charge is 0.392 e. The Morgan fingerprint density at radius 3 is 2.35 bits per heavy atom. The standard InChI is InChI=1S/C13H24N2OS/c1-8-6-9(2)10(3)15(7-8)12(16)13(4,5)11(14)17/h8-10H,6-7H2,1-5H3,(H2,14,17). The van der Waals surface area contributed by atoms with Gasteiger partial charge < -0.3 is 10.6 Å². The first-order valence-corrected chi connectivity index (χ1v) is 6.69. The van der Waals surface area contributed by atoms with Gasteiger partial charge in [0.15, 0.2) is 0 Å². The molecule has 1 amide bonds. The van der Waals surface area contributed by atoms with Crippen LogP contribution >= 0.6 is 12.2 Å². The molecule has 0 aromatic heterocycles. The van der Waals surface area contributed by atoms with Crippen molar-refractivity contribution in [3.8, 4) is 0 Å². The summed E-state index contributed by atoms with van der Waals surface area (Å²) in [6.45, 7) is 11.0. The Morgan fingerprint density at radius 1 is 1.35 bits per heavy atom. The van der Waals surface area contributed by atoms with Gasteiger partial charge in [0.2, 0.25) is 5.91 Å². The third-order valence-corrected chi connectivity index (χ3v) is 4.52. The first-order chi connectivity index (χ1) is 7.67. The maximum atomic E-state index is 12.5. The van der Waals surface area contributed by atoms with Gasteiger partial charge in [0.05, 0.1) is 10.4 Å². The Morgan fingerprint density at radius 2 is 1.88 bits per heavy atom. The molecule has 1 aliphatic rings. The third-order valence-electron chi connectivity index (χ3n) is 4.01. The second kappa shape index (κ2) is 4.92. The average molecular weight is 256 g/mol. The van der Waals surface area contributed by atoms with Crippen molar-refractivity contribution in [2.75, 3.05) is 6.54 Å². The lowest BCUT2D eigenvalue weighted by Crippen LogP contribution is -2.55. The molecule has 0 bridgehead atoms. The predicted molar refractivity (Wildman–Crippen MR) is 74.7 cm³/mol. The molecule has 17 heavy (non-hydrogen) atoms. The highest BCUT2D eigenvalue weighted by atomic mass is 32.1. The van der Waals surface area contributed by atoms with Gasteiger partial charge in [0.25, 0.3) is 0 Å². The molecule has 0 aliphatic carbocycles. The Labute approximate surface area is 110 Å². The summed E-state index contributed by atoms with van der Waals surface area (Å²) in [5.74, 6) is 1.15. The van der Waals surface area contributed by atoms with E-state index in [0.717, 1.165) is 6.54 Å². The van der Waals surface area contributed by atoms with Gasteiger partial charge in [-0.05, 0) is 39.0 Å². The van der Waals surface area contributed by atoms with Crippen molar-refractivity contribution < 1.29 is 4.79 Å². The van der Waals surface area contributed by atoms with Gasteiger partial charge in [-0.25, -0.2) is 0 Å². The number of nitrogens with zero attached hydrogens (tertiary/aromatic N) is 1. The molecule has 0 saturated carbocycles. The summed E-state index contributed by atoms with van der Waals surface area (Å²) in [6, 6.07) is 0.271. The second-order valence-electron chi connectivity index (χ2n) is 6.01. The Kier molecular flexibility index (Phi) is 4.18. The molecule has 1 heterocycles. The topological polar surface area (TPSA) is 46.3 Å². The minimum atomic E-state index is -0.736. The number of hydrogen-bond acceptors (Lipinski definition) is 2. The lowest BCUT2D eigenvalue weighted by Gasteiger charge is -2.44. The lowest BCUT2D eigenvalue weighted by atomic mass is 9.83. The summed E-state index contributed by atoms with van der Waals surface area (Å²) in [5.41, 5.74) is 4.94. The fraction of sp³-hybridized carbons (Fsp3) is 0.846. The van der Waals surface area contributed by atoms with Gasteiger partial charge in [-0.15, -0.1) is 0 Å². The monoisotopic (exact) mass is 256 g/mol. The van der Waals surface area contributed by atoms with E-state index >= 15 is 0 Å². The van der Waals surface area contributed by atoms with E-state index in [1.807, 2.05) is 18.7 Å². The summed E-state index contributed by atoms with van der Waals surface area (Å²) in [5, 5.41) is 0. The average Bonchev–Trinajstić information content (AvgIpc) is 2.22. The molecule has 2 N–H and O–H groups in total. The normalized spacial score (nSPS) is 30.2. The molecule has 0 spiro atoms. The summed E-state index contributed by atoms with van der Waals surface area (Å²) in [4.78, 5) is 14.8. The molecule has 0 aromatic carbocycles. The summed E-state index contributed by atoms with van der Waals surface area (Å²) < 4.78 is 0. The van der Waals surface area contributed by atoms with E-state index in [0.29, 0.717) is 11.8 Å². The van der Waals surface area contributed by atoms with Crippen LogP contribution in [0.2, 0.25) is 0 Å². The zero-order valence-corrected chi connectivity index (χ0v) is 12.3. The number of rotatable bonds is 2. The minimum absolute atomic E-state index is 0.0656. The molecule has 1 saturated heterocycles.